The van der Waals surface area contributed by atoms with Crippen LogP contribution >= 0.6 is 0 Å². The molecule has 0 aliphatic rings. The van der Waals surface area contributed by atoms with Crippen molar-refractivity contribution >= 4 is 35.0 Å². The summed E-state index contributed by atoms with van der Waals surface area (Å²) in [6.07, 6.45) is 4.73. The first-order valence-corrected chi connectivity index (χ1v) is 10.4. The van der Waals surface area contributed by atoms with E-state index < -0.39 is 0 Å². The molecule has 0 aliphatic heterocycles. The molecule has 2 rings (SSSR count). The summed E-state index contributed by atoms with van der Waals surface area (Å²) in [5, 5.41) is 10.9. The van der Waals surface area contributed by atoms with Crippen LogP contribution in [0, 0.1) is 0 Å². The van der Waals surface area contributed by atoms with Gasteiger partial charge in [0, 0.05) is 52.9 Å². The van der Waals surface area contributed by atoms with E-state index in [0.29, 0.717) is 55.2 Å². The number of carbonyl (C=O) groups excluding carboxylic acids is 4. The largest absolute Gasteiger partial charge is 0.356 e. The zero-order valence-corrected chi connectivity index (χ0v) is 18.7. The highest BCUT2D eigenvalue weighted by Gasteiger charge is 2.16. The minimum Gasteiger partial charge on any atom is -0.356 e. The number of amides is 4. The van der Waals surface area contributed by atoms with E-state index in [4.69, 9.17) is 5.73 Å². The van der Waals surface area contributed by atoms with Crippen LogP contribution in [0.3, 0.4) is 0 Å². The monoisotopic (exact) mass is 445 g/mol. The van der Waals surface area contributed by atoms with Crippen LogP contribution in [0.5, 0.6) is 0 Å². The van der Waals surface area contributed by atoms with Gasteiger partial charge in [0.1, 0.15) is 11.4 Å². The Morgan fingerprint density at radius 3 is 2.00 bits per heavy atom. The molecule has 11 heteroatoms. The van der Waals surface area contributed by atoms with E-state index in [-0.39, 0.29) is 30.0 Å². The normalized spacial score (nSPS) is 10.5. The molecular formula is C21H31N7O4. The fourth-order valence-corrected chi connectivity index (χ4v) is 3.04. The molecule has 2 heterocycles. The van der Waals surface area contributed by atoms with Gasteiger partial charge >= 0.3 is 0 Å². The maximum Gasteiger partial charge on any atom is 0.272 e. The van der Waals surface area contributed by atoms with Gasteiger partial charge in [-0.3, -0.25) is 19.2 Å². The third-order valence-corrected chi connectivity index (χ3v) is 4.64. The molecule has 11 nitrogen and oxygen atoms in total. The van der Waals surface area contributed by atoms with E-state index in [2.05, 4.69) is 21.3 Å². The Labute approximate surface area is 186 Å². The number of aryl methyl sites for hydroxylation is 2. The predicted octanol–water partition coefficient (Wildman–Crippen LogP) is 0.549. The molecule has 6 N–H and O–H groups in total. The van der Waals surface area contributed by atoms with E-state index in [1.54, 1.807) is 47.8 Å². The van der Waals surface area contributed by atoms with Crippen molar-refractivity contribution in [3.05, 3.63) is 35.9 Å². The standard InChI is InChI=1S/C21H31N7O4/c1-14(29)23-8-4-6-19(30)25-15-10-18(28(3)12-15)21(32)26-16-11-17(27(2)13-16)20(31)24-9-5-7-22/h10-13H,4-9,22H2,1-3H3,(H,23,29)(H,24,31)(H,25,30)(H,26,32). The van der Waals surface area contributed by atoms with Crippen LogP contribution in [0.4, 0.5) is 11.4 Å². The van der Waals surface area contributed by atoms with Gasteiger partial charge in [0.05, 0.1) is 11.4 Å². The van der Waals surface area contributed by atoms with Crippen LogP contribution in [0.25, 0.3) is 0 Å². The summed E-state index contributed by atoms with van der Waals surface area (Å²) in [5.74, 6) is -0.966. The van der Waals surface area contributed by atoms with Gasteiger partial charge in [0.15, 0.2) is 0 Å². The number of rotatable bonds is 11. The Bertz CT molecular complexity index is 977. The average Bonchev–Trinajstić information content (AvgIpc) is 3.27. The molecule has 174 valence electrons. The lowest BCUT2D eigenvalue weighted by Crippen LogP contribution is -2.27. The molecule has 0 radical (unpaired) electrons. The molecule has 0 saturated carbocycles. The Balaban J connectivity index is 1.94. The van der Waals surface area contributed by atoms with Gasteiger partial charge in [-0.2, -0.15) is 0 Å². The fourth-order valence-electron chi connectivity index (χ4n) is 3.04. The second-order valence-corrected chi connectivity index (χ2v) is 7.44. The van der Waals surface area contributed by atoms with Crippen LogP contribution < -0.4 is 27.0 Å². The Morgan fingerprint density at radius 1 is 0.844 bits per heavy atom. The molecule has 2 aromatic heterocycles. The van der Waals surface area contributed by atoms with E-state index in [0.717, 1.165) is 0 Å². The minimum atomic E-state index is -0.376. The number of nitrogens with one attached hydrogen (secondary N) is 4. The fraction of sp³-hybridized carbons (Fsp3) is 0.429. The van der Waals surface area contributed by atoms with Crippen molar-refractivity contribution in [2.24, 2.45) is 19.8 Å². The smallest absolute Gasteiger partial charge is 0.272 e. The summed E-state index contributed by atoms with van der Waals surface area (Å²) in [6, 6.07) is 3.17. The van der Waals surface area contributed by atoms with Gasteiger partial charge in [-0.15, -0.1) is 0 Å². The van der Waals surface area contributed by atoms with Gasteiger partial charge in [-0.1, -0.05) is 0 Å². The third-order valence-electron chi connectivity index (χ3n) is 4.64. The summed E-state index contributed by atoms with van der Waals surface area (Å²) in [6.45, 7) is 2.82. The number of nitrogens with two attached hydrogens (primary N) is 1. The van der Waals surface area contributed by atoms with Crippen LogP contribution in [-0.2, 0) is 23.7 Å². The maximum absolute atomic E-state index is 12.7. The molecule has 0 aliphatic carbocycles. The molecule has 0 unspecified atom stereocenters. The van der Waals surface area contributed by atoms with Crippen LogP contribution in [0.2, 0.25) is 0 Å². The van der Waals surface area contributed by atoms with Crippen molar-refractivity contribution in [2.75, 3.05) is 30.3 Å². The lowest BCUT2D eigenvalue weighted by atomic mass is 10.3. The van der Waals surface area contributed by atoms with Crippen molar-refractivity contribution in [1.29, 1.82) is 0 Å². The number of aromatic nitrogens is 2. The molecule has 0 aromatic carbocycles. The zero-order chi connectivity index (χ0) is 23.7. The van der Waals surface area contributed by atoms with E-state index >= 15 is 0 Å². The lowest BCUT2D eigenvalue weighted by Gasteiger charge is -2.04. The molecule has 0 bridgehead atoms. The van der Waals surface area contributed by atoms with Crippen molar-refractivity contribution in [1.82, 2.24) is 19.8 Å². The quantitative estimate of drug-likeness (QED) is 0.320. The summed E-state index contributed by atoms with van der Waals surface area (Å²) in [5.41, 5.74) is 7.16. The SMILES string of the molecule is CC(=O)NCCCC(=O)Nc1cc(C(=O)Nc2cc(C(=O)NCCCN)n(C)c2)n(C)c1. The molecular weight excluding hydrogens is 414 g/mol. The molecule has 0 fully saturated rings. The molecule has 0 spiro atoms. The van der Waals surface area contributed by atoms with Gasteiger partial charge in [0.25, 0.3) is 11.8 Å². The Morgan fingerprint density at radius 2 is 1.41 bits per heavy atom. The van der Waals surface area contributed by atoms with Gasteiger partial charge < -0.3 is 36.1 Å². The number of hydrogen-bond donors (Lipinski definition) is 5. The number of hydrogen-bond acceptors (Lipinski definition) is 5. The molecule has 32 heavy (non-hydrogen) atoms. The summed E-state index contributed by atoms with van der Waals surface area (Å²) in [4.78, 5) is 47.8. The Hall–Kier alpha value is -3.60. The second kappa shape index (κ2) is 11.7. The van der Waals surface area contributed by atoms with Gasteiger partial charge in [-0.25, -0.2) is 0 Å². The number of nitrogens with zero attached hydrogens (tertiary/aromatic N) is 2. The number of carbonyl (C=O) groups is 4. The first kappa shape index (κ1) is 24.7. The molecule has 0 saturated heterocycles. The summed E-state index contributed by atoms with van der Waals surface area (Å²) < 4.78 is 3.23. The van der Waals surface area contributed by atoms with Crippen molar-refractivity contribution in [2.45, 2.75) is 26.2 Å². The first-order chi connectivity index (χ1) is 15.2. The molecule has 4 amide bonds. The third kappa shape index (κ3) is 7.27. The Kier molecular flexibility index (Phi) is 9.02. The average molecular weight is 446 g/mol. The molecule has 2 aromatic rings. The maximum atomic E-state index is 12.7. The second-order valence-electron chi connectivity index (χ2n) is 7.44. The van der Waals surface area contributed by atoms with Crippen molar-refractivity contribution in [3.8, 4) is 0 Å². The van der Waals surface area contributed by atoms with Crippen LogP contribution in [0.15, 0.2) is 24.5 Å². The predicted molar refractivity (Wildman–Crippen MR) is 121 cm³/mol. The van der Waals surface area contributed by atoms with Crippen molar-refractivity contribution < 1.29 is 19.2 Å². The van der Waals surface area contributed by atoms with Crippen LogP contribution in [0.1, 0.15) is 47.2 Å². The van der Waals surface area contributed by atoms with Gasteiger partial charge in [-0.05, 0) is 31.5 Å². The topological polar surface area (TPSA) is 152 Å². The highest BCUT2D eigenvalue weighted by Crippen LogP contribution is 2.17. The van der Waals surface area contributed by atoms with Crippen LogP contribution in [-0.4, -0.2) is 52.4 Å². The van der Waals surface area contributed by atoms with E-state index in [1.807, 2.05) is 0 Å². The summed E-state index contributed by atoms with van der Waals surface area (Å²) >= 11 is 0. The molecule has 0 atom stereocenters. The van der Waals surface area contributed by atoms with Crippen molar-refractivity contribution in [3.63, 3.8) is 0 Å². The number of anilines is 2. The zero-order valence-electron chi connectivity index (χ0n) is 18.7. The first-order valence-electron chi connectivity index (χ1n) is 10.4. The lowest BCUT2D eigenvalue weighted by molar-refractivity contribution is -0.119. The highest BCUT2D eigenvalue weighted by atomic mass is 16.2. The van der Waals surface area contributed by atoms with E-state index in [1.165, 1.54) is 6.92 Å². The van der Waals surface area contributed by atoms with E-state index in [9.17, 15) is 19.2 Å². The summed E-state index contributed by atoms with van der Waals surface area (Å²) in [7, 11) is 3.41. The van der Waals surface area contributed by atoms with Gasteiger partial charge in [0.2, 0.25) is 11.8 Å². The minimum absolute atomic E-state index is 0.137. The highest BCUT2D eigenvalue weighted by molar-refractivity contribution is 6.05.